The van der Waals surface area contributed by atoms with Crippen LogP contribution in [0, 0.1) is 0 Å². The lowest BCUT2D eigenvalue weighted by Crippen LogP contribution is -2.29. The van der Waals surface area contributed by atoms with E-state index in [0.717, 1.165) is 10.8 Å². The third-order valence-corrected chi connectivity index (χ3v) is 2.80. The van der Waals surface area contributed by atoms with Crippen LogP contribution in [0.3, 0.4) is 0 Å². The molecule has 0 aromatic carbocycles. The molecule has 1 saturated heterocycles. The van der Waals surface area contributed by atoms with Crippen molar-refractivity contribution in [3.05, 3.63) is 22.2 Å². The Morgan fingerprint density at radius 1 is 1.67 bits per heavy atom. The zero-order valence-corrected chi connectivity index (χ0v) is 9.35. The van der Waals surface area contributed by atoms with Gasteiger partial charge in [-0.2, -0.15) is 4.98 Å². The monoisotopic (exact) mass is 261 g/mol. The standard InChI is InChI=1S/C10H15N3O5/c11-9-5(3-14)2-13(10(17)12-9)8-1-6(16)7(4-15)18-8/h2,6-8,14-16H,1,3-4H2,(H2,11,12,17)/t6-,7+,8+/m0/s1/i3D2,12+1,13+1. The van der Waals surface area contributed by atoms with E-state index in [0.29, 0.717) is 0 Å². The molecule has 0 bridgehead atoms. The first-order chi connectivity index (χ1) is 9.24. The largest absolute Gasteiger partial charge is 0.394 e. The number of hydrogen-bond donors (Lipinski definition) is 4. The minimum atomic E-state index is -2.76. The summed E-state index contributed by atoms with van der Waals surface area (Å²) in [6.45, 7) is -3.18. The molecule has 0 unspecified atom stereocenters. The maximum absolute atomic E-state index is 11.8. The third-order valence-electron chi connectivity index (χ3n) is 2.80. The van der Waals surface area contributed by atoms with Crippen LogP contribution in [0.25, 0.3) is 0 Å². The van der Waals surface area contributed by atoms with E-state index in [9.17, 15) is 15.0 Å². The normalized spacial score (nSPS) is 30.1. The summed E-state index contributed by atoms with van der Waals surface area (Å²) in [6.07, 6.45) is -1.67. The van der Waals surface area contributed by atoms with Gasteiger partial charge in [0.1, 0.15) is 18.1 Å². The maximum Gasteiger partial charge on any atom is 0.351 e. The molecule has 1 aliphatic rings. The summed E-state index contributed by atoms with van der Waals surface area (Å²) in [7, 11) is 0. The minimum absolute atomic E-state index is 0.0323. The van der Waals surface area contributed by atoms with Crippen LogP contribution in [-0.4, -0.2) is 43.7 Å². The molecule has 0 amide bonds. The molecule has 2 heterocycles. The summed E-state index contributed by atoms with van der Waals surface area (Å²) in [5.41, 5.74) is 4.23. The Hall–Kier alpha value is -1.48. The minimum Gasteiger partial charge on any atom is -0.394 e. The van der Waals surface area contributed by atoms with Crippen LogP contribution in [0.4, 0.5) is 5.82 Å². The smallest absolute Gasteiger partial charge is 0.351 e. The number of ether oxygens (including phenoxy) is 1. The van der Waals surface area contributed by atoms with Crippen LogP contribution in [0.5, 0.6) is 0 Å². The van der Waals surface area contributed by atoms with Gasteiger partial charge in [0.2, 0.25) is 0 Å². The molecule has 8 heteroatoms. The third kappa shape index (κ3) is 2.23. The highest BCUT2D eigenvalue weighted by Crippen LogP contribution is 2.27. The molecule has 8 nitrogen and oxygen atoms in total. The van der Waals surface area contributed by atoms with Crippen molar-refractivity contribution in [2.24, 2.45) is 0 Å². The van der Waals surface area contributed by atoms with Crippen LogP contribution in [0.15, 0.2) is 11.0 Å². The SMILES string of the molecule is [2H]C([2H])(O)c1c[15n]([C@H]2C[C@H](O)[C@@H](CO)O2)c(=O)[15n]c1N. The average Bonchev–Trinajstić information content (AvgIpc) is 2.68. The number of anilines is 1. The van der Waals surface area contributed by atoms with Crippen LogP contribution >= 0.6 is 0 Å². The van der Waals surface area contributed by atoms with E-state index in [-0.39, 0.29) is 12.0 Å². The van der Waals surface area contributed by atoms with E-state index in [4.69, 9.17) is 18.3 Å². The molecule has 1 aromatic heterocycles. The fraction of sp³-hybridized carbons (Fsp3) is 0.600. The quantitative estimate of drug-likeness (QED) is 0.493. The van der Waals surface area contributed by atoms with Crippen LogP contribution in [0.1, 0.15) is 21.0 Å². The van der Waals surface area contributed by atoms with Crippen molar-refractivity contribution in [3.63, 3.8) is 0 Å². The van der Waals surface area contributed by atoms with Gasteiger partial charge in [0.15, 0.2) is 0 Å². The lowest BCUT2D eigenvalue weighted by molar-refractivity contribution is -0.0459. The van der Waals surface area contributed by atoms with Gasteiger partial charge in [-0.25, -0.2) is 4.79 Å². The maximum atomic E-state index is 11.8. The van der Waals surface area contributed by atoms with Crippen LogP contribution in [0.2, 0.25) is 0 Å². The van der Waals surface area contributed by atoms with Crippen LogP contribution < -0.4 is 11.4 Å². The molecule has 100 valence electrons. The van der Waals surface area contributed by atoms with Crippen LogP contribution in [-0.2, 0) is 11.3 Å². The topological polar surface area (TPSA) is 131 Å². The van der Waals surface area contributed by atoms with Crippen molar-refractivity contribution < 1.29 is 22.8 Å². The summed E-state index contributed by atoms with van der Waals surface area (Å²) in [5, 5.41) is 28.0. The second-order valence-electron chi connectivity index (χ2n) is 3.96. The van der Waals surface area contributed by atoms with E-state index in [1.54, 1.807) is 0 Å². The first-order valence-electron chi connectivity index (χ1n) is 6.30. The Balaban J connectivity index is 2.41. The van der Waals surface area contributed by atoms with E-state index in [1.165, 1.54) is 0 Å². The van der Waals surface area contributed by atoms with Gasteiger partial charge in [-0.05, 0) is 0 Å². The number of aromatic nitrogens is 2. The predicted molar refractivity (Wildman–Crippen MR) is 60.5 cm³/mol. The summed E-state index contributed by atoms with van der Waals surface area (Å²) < 4.78 is 20.7. The zero-order chi connectivity index (χ0) is 15.1. The number of nitrogens with zero attached hydrogens (tertiary/aromatic N) is 2. The van der Waals surface area contributed by atoms with Crippen molar-refractivity contribution in [2.45, 2.75) is 31.4 Å². The lowest BCUT2D eigenvalue weighted by Gasteiger charge is -2.15. The second kappa shape index (κ2) is 5.02. The molecule has 0 saturated carbocycles. The molecular formula is C10H15N3O5. The molecule has 5 N–H and O–H groups in total. The fourth-order valence-corrected chi connectivity index (χ4v) is 1.82. The van der Waals surface area contributed by atoms with Gasteiger partial charge in [0.25, 0.3) is 0 Å². The molecule has 0 radical (unpaired) electrons. The van der Waals surface area contributed by atoms with E-state index in [2.05, 4.69) is 4.98 Å². The highest BCUT2D eigenvalue weighted by atomic mass is 16.6. The number of aliphatic hydroxyl groups excluding tert-OH is 2. The molecular weight excluding hydrogens is 244 g/mol. The van der Waals surface area contributed by atoms with Gasteiger partial charge in [-0.15, -0.1) is 0 Å². The van der Waals surface area contributed by atoms with Gasteiger partial charge in [-0.1, -0.05) is 0 Å². The molecule has 0 spiro atoms. The molecule has 18 heavy (non-hydrogen) atoms. The Kier molecular flexibility index (Phi) is 2.91. The fourth-order valence-electron chi connectivity index (χ4n) is 1.82. The summed E-state index contributed by atoms with van der Waals surface area (Å²) in [6, 6.07) is 0. The van der Waals surface area contributed by atoms with Gasteiger partial charge in [-0.3, -0.25) is 4.57 Å². The van der Waals surface area contributed by atoms with E-state index >= 15 is 0 Å². The molecule has 1 aromatic rings. The van der Waals surface area contributed by atoms with Gasteiger partial charge < -0.3 is 25.8 Å². The number of rotatable bonds is 3. The van der Waals surface area contributed by atoms with Crippen molar-refractivity contribution in [1.82, 2.24) is 9.55 Å². The van der Waals surface area contributed by atoms with E-state index in [1.807, 2.05) is 0 Å². The van der Waals surface area contributed by atoms with E-state index < -0.39 is 43.1 Å². The average molecular weight is 261 g/mol. The molecule has 3 atom stereocenters. The van der Waals surface area contributed by atoms with Gasteiger partial charge in [0, 0.05) is 18.2 Å². The number of aliphatic hydroxyl groups is 3. The Morgan fingerprint density at radius 3 is 2.94 bits per heavy atom. The second-order valence-corrected chi connectivity index (χ2v) is 3.96. The van der Waals surface area contributed by atoms with Crippen molar-refractivity contribution in [2.75, 3.05) is 12.3 Å². The van der Waals surface area contributed by atoms with Gasteiger partial charge >= 0.3 is 5.69 Å². The van der Waals surface area contributed by atoms with Gasteiger partial charge in [0.05, 0.1) is 22.0 Å². The lowest BCUT2D eigenvalue weighted by atomic mass is 10.2. The van der Waals surface area contributed by atoms with Crippen molar-refractivity contribution in [3.8, 4) is 0 Å². The number of hydrogen-bond acceptors (Lipinski definition) is 7. The first-order valence-corrected chi connectivity index (χ1v) is 5.30. The number of nitrogen functional groups attached to an aromatic ring is 1. The molecule has 0 aliphatic carbocycles. The molecule has 1 fully saturated rings. The molecule has 1 aliphatic heterocycles. The predicted octanol–water partition coefficient (Wildman–Crippen LogP) is -2.04. The number of nitrogens with two attached hydrogens (primary N) is 1. The Labute approximate surface area is 105 Å². The summed E-state index contributed by atoms with van der Waals surface area (Å²) in [4.78, 5) is 15.2. The molecule has 2 rings (SSSR count). The highest BCUT2D eigenvalue weighted by molar-refractivity contribution is 5.36. The summed E-state index contributed by atoms with van der Waals surface area (Å²) >= 11 is 0. The van der Waals surface area contributed by atoms with Crippen molar-refractivity contribution >= 4 is 5.82 Å². The highest BCUT2D eigenvalue weighted by Gasteiger charge is 2.35. The van der Waals surface area contributed by atoms with Crippen molar-refractivity contribution in [1.29, 1.82) is 0 Å². The first kappa shape index (κ1) is 10.4. The Bertz CT molecular complexity index is 559. The zero-order valence-electron chi connectivity index (χ0n) is 11.4. The summed E-state index contributed by atoms with van der Waals surface area (Å²) in [5.74, 6) is -0.420. The Morgan fingerprint density at radius 2 is 2.39 bits per heavy atom.